The van der Waals surface area contributed by atoms with Gasteiger partial charge in [0, 0.05) is 37.3 Å². The number of likely N-dealkylation sites (tertiary alicyclic amines) is 2. The van der Waals surface area contributed by atoms with Crippen LogP contribution in [0.15, 0.2) is 91.3 Å². The molecule has 0 saturated carbocycles. The van der Waals surface area contributed by atoms with Gasteiger partial charge in [-0.25, -0.2) is 19.6 Å². The molecule has 13 heteroatoms. The molecule has 3 aromatic carbocycles. The van der Waals surface area contributed by atoms with Crippen LogP contribution in [0.4, 0.5) is 9.59 Å². The first kappa shape index (κ1) is 36.6. The van der Waals surface area contributed by atoms with E-state index in [-0.39, 0.29) is 24.0 Å². The van der Waals surface area contributed by atoms with E-state index in [1.807, 2.05) is 94.9 Å². The number of hydrogen-bond donors (Lipinski definition) is 3. The summed E-state index contributed by atoms with van der Waals surface area (Å²) in [6.45, 7) is 3.71. The van der Waals surface area contributed by atoms with Crippen LogP contribution in [0.25, 0.3) is 22.5 Å². The number of nitrogens with zero attached hydrogens (tertiary/aromatic N) is 5. The number of aromatic amines is 2. The summed E-state index contributed by atoms with van der Waals surface area (Å²) in [6, 6.07) is 24.1. The number of carbonyl (C=O) groups excluding carboxylic acids is 3. The first-order valence-electron chi connectivity index (χ1n) is 19.1. The van der Waals surface area contributed by atoms with Crippen molar-refractivity contribution in [1.82, 2.24) is 40.0 Å². The van der Waals surface area contributed by atoms with E-state index in [2.05, 4.69) is 37.1 Å². The summed E-state index contributed by atoms with van der Waals surface area (Å²) in [5.74, 6) is 7.84. The number of hydrogen-bond acceptors (Lipinski definition) is 7. The topological polar surface area (TPSA) is 149 Å². The van der Waals surface area contributed by atoms with Crippen LogP contribution in [0.3, 0.4) is 0 Å². The summed E-state index contributed by atoms with van der Waals surface area (Å²) in [5, 5.41) is 2.71. The molecule has 5 heterocycles. The van der Waals surface area contributed by atoms with E-state index in [0.717, 1.165) is 71.7 Å². The van der Waals surface area contributed by atoms with Gasteiger partial charge in [-0.1, -0.05) is 66.4 Å². The normalized spacial score (nSPS) is 18.6. The first-order valence-corrected chi connectivity index (χ1v) is 19.1. The van der Waals surface area contributed by atoms with Gasteiger partial charge in [0.2, 0.25) is 0 Å². The van der Waals surface area contributed by atoms with Crippen molar-refractivity contribution in [3.05, 3.63) is 120 Å². The molecule has 3 aliphatic rings. The monoisotopic (exact) mass is 752 g/mol. The number of H-pyrrole nitrogens is 2. The Kier molecular flexibility index (Phi) is 10.8. The van der Waals surface area contributed by atoms with E-state index in [1.54, 1.807) is 11.1 Å². The number of imidazole rings is 2. The maximum Gasteiger partial charge on any atom is 0.407 e. The third-order valence-corrected chi connectivity index (χ3v) is 10.7. The summed E-state index contributed by atoms with van der Waals surface area (Å²) in [7, 11) is 1.28. The summed E-state index contributed by atoms with van der Waals surface area (Å²) < 4.78 is 10.2. The number of benzene rings is 3. The number of nitrogens with one attached hydrogen (secondary N) is 3. The van der Waals surface area contributed by atoms with Crippen molar-refractivity contribution >= 4 is 18.0 Å². The van der Waals surface area contributed by atoms with Crippen LogP contribution in [0.1, 0.15) is 72.1 Å². The molecule has 0 spiro atoms. The second-order valence-electron chi connectivity index (χ2n) is 14.2. The van der Waals surface area contributed by atoms with Gasteiger partial charge in [0.25, 0.3) is 5.91 Å². The van der Waals surface area contributed by atoms with E-state index in [9.17, 15) is 14.4 Å². The van der Waals surface area contributed by atoms with Gasteiger partial charge in [-0.3, -0.25) is 4.79 Å². The quantitative estimate of drug-likeness (QED) is 0.167. The molecule has 0 bridgehead atoms. The molecule has 5 aromatic rings. The molecule has 286 valence electrons. The molecule has 3 aliphatic heterocycles. The van der Waals surface area contributed by atoms with E-state index in [4.69, 9.17) is 9.47 Å². The zero-order chi connectivity index (χ0) is 38.4. The van der Waals surface area contributed by atoms with E-state index in [0.29, 0.717) is 44.2 Å². The van der Waals surface area contributed by atoms with Crippen molar-refractivity contribution in [1.29, 1.82) is 0 Å². The molecule has 56 heavy (non-hydrogen) atoms. The highest BCUT2D eigenvalue weighted by Gasteiger charge is 2.37. The summed E-state index contributed by atoms with van der Waals surface area (Å²) in [4.78, 5) is 61.1. The van der Waals surface area contributed by atoms with Crippen molar-refractivity contribution < 1.29 is 23.9 Å². The minimum atomic E-state index is -0.872. The molecule has 3 N–H and O–H groups in total. The highest BCUT2D eigenvalue weighted by Crippen LogP contribution is 2.35. The Morgan fingerprint density at radius 2 is 1.29 bits per heavy atom. The van der Waals surface area contributed by atoms with Gasteiger partial charge in [-0.05, 0) is 66.6 Å². The molecule has 4 amide bonds. The molecule has 2 aromatic heterocycles. The molecule has 0 radical (unpaired) electrons. The average Bonchev–Trinajstić information content (AvgIpc) is 4.10. The zero-order valence-corrected chi connectivity index (χ0v) is 31.2. The lowest BCUT2D eigenvalue weighted by atomic mass is 10.1. The Morgan fingerprint density at radius 1 is 0.750 bits per heavy atom. The van der Waals surface area contributed by atoms with Gasteiger partial charge in [-0.15, -0.1) is 0 Å². The van der Waals surface area contributed by atoms with Crippen LogP contribution in [-0.2, 0) is 14.3 Å². The molecular weight excluding hydrogens is 709 g/mol. The number of urea groups is 1. The zero-order valence-electron chi connectivity index (χ0n) is 31.2. The van der Waals surface area contributed by atoms with Crippen LogP contribution in [0.2, 0.25) is 0 Å². The lowest BCUT2D eigenvalue weighted by Crippen LogP contribution is -2.48. The molecule has 0 aliphatic carbocycles. The Bertz CT molecular complexity index is 2220. The molecule has 3 fully saturated rings. The summed E-state index contributed by atoms with van der Waals surface area (Å²) in [5.41, 5.74) is 6.15. The van der Waals surface area contributed by atoms with E-state index in [1.165, 1.54) is 7.11 Å². The lowest BCUT2D eigenvalue weighted by molar-refractivity contribution is -0.134. The van der Waals surface area contributed by atoms with Gasteiger partial charge in [0.05, 0.1) is 56.2 Å². The largest absolute Gasteiger partial charge is 0.453 e. The maximum atomic E-state index is 13.8. The van der Waals surface area contributed by atoms with Crippen molar-refractivity contribution in [2.75, 3.05) is 46.5 Å². The lowest BCUT2D eigenvalue weighted by Gasteiger charge is -2.33. The molecule has 13 nitrogen and oxygen atoms in total. The van der Waals surface area contributed by atoms with Crippen molar-refractivity contribution in [2.45, 2.75) is 43.8 Å². The molecular formula is C43H44N8O5. The number of aromatic nitrogens is 4. The molecule has 3 saturated heterocycles. The number of ether oxygens (including phenoxy) is 2. The van der Waals surface area contributed by atoms with Crippen LogP contribution < -0.4 is 5.32 Å². The minimum absolute atomic E-state index is 0.0595. The second kappa shape index (κ2) is 16.5. The number of alkyl carbamates (subject to hydrolysis) is 1. The number of carbonyl (C=O) groups is 3. The first-order chi connectivity index (χ1) is 27.4. The Hall–Kier alpha value is -6.39. The maximum absolute atomic E-state index is 13.8. The van der Waals surface area contributed by atoms with Gasteiger partial charge >= 0.3 is 12.1 Å². The predicted molar refractivity (Wildman–Crippen MR) is 209 cm³/mol. The van der Waals surface area contributed by atoms with Gasteiger partial charge in [-0.2, -0.15) is 0 Å². The number of amides is 4. The number of morpholine rings is 1. The highest BCUT2D eigenvalue weighted by atomic mass is 16.5. The van der Waals surface area contributed by atoms with Crippen molar-refractivity contribution in [2.24, 2.45) is 0 Å². The van der Waals surface area contributed by atoms with Crippen LogP contribution in [-0.4, -0.2) is 99.2 Å². The Labute approximate surface area is 325 Å². The molecule has 3 atom stereocenters. The van der Waals surface area contributed by atoms with Gasteiger partial charge in [0.1, 0.15) is 17.7 Å². The predicted octanol–water partition coefficient (Wildman–Crippen LogP) is 6.22. The SMILES string of the molecule is COC(=O)NC(C(=O)N1CCCC1c1ncc(-c2ccc(C#Cc3ccc(-c4cnc(C5CCCN5C(=O)N5CCOCC5)[nH]4)cc3)cc2)[nH]1)c1ccccc1. The highest BCUT2D eigenvalue weighted by molar-refractivity contribution is 5.87. The Balaban J connectivity index is 0.897. The van der Waals surface area contributed by atoms with Gasteiger partial charge in [0.15, 0.2) is 0 Å². The van der Waals surface area contributed by atoms with Crippen molar-refractivity contribution in [3.63, 3.8) is 0 Å². The smallest absolute Gasteiger partial charge is 0.407 e. The minimum Gasteiger partial charge on any atom is -0.453 e. The Morgan fingerprint density at radius 3 is 1.84 bits per heavy atom. The fraction of sp³-hybridized carbons (Fsp3) is 0.326. The fourth-order valence-corrected chi connectivity index (χ4v) is 7.72. The number of methoxy groups -OCH3 is 1. The second-order valence-corrected chi connectivity index (χ2v) is 14.2. The summed E-state index contributed by atoms with van der Waals surface area (Å²) >= 11 is 0. The van der Waals surface area contributed by atoms with E-state index < -0.39 is 12.1 Å². The fourth-order valence-electron chi connectivity index (χ4n) is 7.72. The van der Waals surface area contributed by atoms with Crippen LogP contribution >= 0.6 is 0 Å². The van der Waals surface area contributed by atoms with Gasteiger partial charge < -0.3 is 39.5 Å². The summed E-state index contributed by atoms with van der Waals surface area (Å²) in [6.07, 6.45) is 6.39. The van der Waals surface area contributed by atoms with Crippen molar-refractivity contribution in [3.8, 4) is 34.4 Å². The average molecular weight is 753 g/mol. The standard InChI is InChI=1S/C43H44N8O5/c1-55-42(53)48-38(33-7-3-2-4-8-33)41(52)50-21-5-9-36(50)39-44-27-34(46-39)31-17-13-29(14-18-31)11-12-30-15-19-32(20-16-30)35-28-45-40(47-35)37-10-6-22-51(37)43(54)49-23-25-56-26-24-49/h2-4,7-8,13-20,27-28,36-38H,5-6,9-10,21-26H2,1H3,(H,44,46)(H,45,47)(H,48,53). The molecule has 3 unspecified atom stereocenters. The third-order valence-electron chi connectivity index (χ3n) is 10.7. The number of rotatable bonds is 7. The van der Waals surface area contributed by atoms with E-state index >= 15 is 0 Å². The third kappa shape index (κ3) is 7.87. The van der Waals surface area contributed by atoms with Crippen LogP contribution in [0, 0.1) is 11.8 Å². The van der Waals surface area contributed by atoms with Crippen LogP contribution in [0.5, 0.6) is 0 Å². The molecule has 8 rings (SSSR count).